The maximum Gasteiger partial charge on any atom is 0.259 e. The molecule has 0 spiro atoms. The number of nitrogens with one attached hydrogen (secondary N) is 1. The molecule has 0 unspecified atom stereocenters. The van der Waals surface area contributed by atoms with E-state index in [0.717, 1.165) is 31.2 Å². The molecule has 0 bridgehead atoms. The zero-order valence-corrected chi connectivity index (χ0v) is 16.0. The number of carbonyl (C=O) groups excluding carboxylic acids is 1. The van der Waals surface area contributed by atoms with Crippen LogP contribution >= 0.6 is 11.6 Å². The predicted octanol–water partition coefficient (Wildman–Crippen LogP) is 4.06. The molecule has 1 aliphatic carbocycles. The lowest BCUT2D eigenvalue weighted by Crippen LogP contribution is -2.40. The van der Waals surface area contributed by atoms with Gasteiger partial charge in [0.2, 0.25) is 5.82 Å². The monoisotopic (exact) mass is 396 g/mol. The summed E-state index contributed by atoms with van der Waals surface area (Å²) in [6, 6.07) is 14.8. The van der Waals surface area contributed by atoms with E-state index in [1.54, 1.807) is 24.3 Å². The summed E-state index contributed by atoms with van der Waals surface area (Å²) in [7, 11) is 0. The number of nitrogens with zero attached hydrogens (tertiary/aromatic N) is 2. The van der Waals surface area contributed by atoms with Gasteiger partial charge in [-0.05, 0) is 49.9 Å². The van der Waals surface area contributed by atoms with E-state index < -0.39 is 0 Å². The van der Waals surface area contributed by atoms with Crippen molar-refractivity contribution in [3.05, 3.63) is 59.1 Å². The van der Waals surface area contributed by atoms with Gasteiger partial charge in [-0.15, -0.1) is 0 Å². The van der Waals surface area contributed by atoms with Crippen LogP contribution in [0.15, 0.2) is 53.1 Å². The first-order valence-electron chi connectivity index (χ1n) is 9.35. The van der Waals surface area contributed by atoms with Crippen LogP contribution < -0.4 is 11.1 Å². The maximum atomic E-state index is 12.9. The summed E-state index contributed by atoms with van der Waals surface area (Å²) in [5.41, 5.74) is 7.82. The van der Waals surface area contributed by atoms with Gasteiger partial charge in [0.05, 0.1) is 11.1 Å². The molecule has 1 heterocycles. The highest BCUT2D eigenvalue weighted by Gasteiger charge is 2.23. The number of amides is 1. The standard InChI is InChI=1S/C21H21ClN4O2/c22-14-5-3-4-13(12-14)19-25-21(28-26-19)18-7-2-1-6-17(18)20(27)24-16-10-8-15(23)9-11-16/h1-7,12,15-16H,8-11,23H2,(H,24,27). The normalized spacial score (nSPS) is 19.4. The highest BCUT2D eigenvalue weighted by atomic mass is 35.5. The molecular weight excluding hydrogens is 376 g/mol. The highest BCUT2D eigenvalue weighted by Crippen LogP contribution is 2.27. The minimum atomic E-state index is -0.140. The van der Waals surface area contributed by atoms with E-state index in [0.29, 0.717) is 27.9 Å². The number of aromatic nitrogens is 2. The van der Waals surface area contributed by atoms with Crippen molar-refractivity contribution in [1.29, 1.82) is 0 Å². The summed E-state index contributed by atoms with van der Waals surface area (Å²) >= 11 is 6.04. The molecule has 28 heavy (non-hydrogen) atoms. The Bertz CT molecular complexity index is 980. The van der Waals surface area contributed by atoms with E-state index in [4.69, 9.17) is 21.9 Å². The van der Waals surface area contributed by atoms with Gasteiger partial charge in [-0.1, -0.05) is 41.0 Å². The second kappa shape index (κ2) is 8.12. The molecule has 2 aromatic carbocycles. The molecule has 1 fully saturated rings. The third-order valence-corrected chi connectivity index (χ3v) is 5.25. The fraction of sp³-hybridized carbons (Fsp3) is 0.286. The minimum Gasteiger partial charge on any atom is -0.349 e. The number of hydrogen-bond acceptors (Lipinski definition) is 5. The van der Waals surface area contributed by atoms with Crippen LogP contribution in [0.1, 0.15) is 36.0 Å². The van der Waals surface area contributed by atoms with Gasteiger partial charge in [-0.25, -0.2) is 0 Å². The van der Waals surface area contributed by atoms with Crippen LogP contribution in [0.4, 0.5) is 0 Å². The Labute approximate surface area is 168 Å². The molecule has 3 aromatic rings. The van der Waals surface area contributed by atoms with Gasteiger partial charge in [0, 0.05) is 22.7 Å². The fourth-order valence-electron chi connectivity index (χ4n) is 3.47. The van der Waals surface area contributed by atoms with Crippen LogP contribution in [0.5, 0.6) is 0 Å². The van der Waals surface area contributed by atoms with E-state index in [1.165, 1.54) is 0 Å². The molecule has 4 rings (SSSR count). The van der Waals surface area contributed by atoms with E-state index >= 15 is 0 Å². The van der Waals surface area contributed by atoms with Gasteiger partial charge in [-0.3, -0.25) is 4.79 Å². The molecule has 1 amide bonds. The van der Waals surface area contributed by atoms with Gasteiger partial charge < -0.3 is 15.6 Å². The van der Waals surface area contributed by atoms with Gasteiger partial charge in [-0.2, -0.15) is 4.98 Å². The topological polar surface area (TPSA) is 94.0 Å². The van der Waals surface area contributed by atoms with Crippen molar-refractivity contribution in [2.45, 2.75) is 37.8 Å². The van der Waals surface area contributed by atoms with Gasteiger partial charge >= 0.3 is 0 Å². The van der Waals surface area contributed by atoms with Crippen molar-refractivity contribution in [1.82, 2.24) is 15.5 Å². The predicted molar refractivity (Wildman–Crippen MR) is 108 cm³/mol. The van der Waals surface area contributed by atoms with Crippen molar-refractivity contribution < 1.29 is 9.32 Å². The van der Waals surface area contributed by atoms with Gasteiger partial charge in [0.25, 0.3) is 11.8 Å². The second-order valence-electron chi connectivity index (χ2n) is 7.06. The Morgan fingerprint density at radius 3 is 2.68 bits per heavy atom. The first kappa shape index (κ1) is 18.7. The summed E-state index contributed by atoms with van der Waals surface area (Å²) in [4.78, 5) is 17.3. The molecule has 1 aliphatic rings. The van der Waals surface area contributed by atoms with E-state index in [-0.39, 0.29) is 18.0 Å². The molecule has 7 heteroatoms. The minimum absolute atomic E-state index is 0.140. The van der Waals surface area contributed by atoms with Crippen molar-refractivity contribution in [3.8, 4) is 22.8 Å². The maximum absolute atomic E-state index is 12.9. The number of benzene rings is 2. The largest absolute Gasteiger partial charge is 0.349 e. The summed E-state index contributed by atoms with van der Waals surface area (Å²) in [6.45, 7) is 0. The van der Waals surface area contributed by atoms with Crippen molar-refractivity contribution >= 4 is 17.5 Å². The Morgan fingerprint density at radius 2 is 1.89 bits per heavy atom. The molecule has 0 aliphatic heterocycles. The van der Waals surface area contributed by atoms with Crippen LogP contribution in [0.25, 0.3) is 22.8 Å². The summed E-state index contributed by atoms with van der Waals surface area (Å²) in [5, 5.41) is 7.74. The molecule has 0 radical (unpaired) electrons. The van der Waals surface area contributed by atoms with Crippen LogP contribution in [0.2, 0.25) is 5.02 Å². The first-order valence-corrected chi connectivity index (χ1v) is 9.73. The average molecular weight is 397 g/mol. The Morgan fingerprint density at radius 1 is 1.11 bits per heavy atom. The molecule has 144 valence electrons. The van der Waals surface area contributed by atoms with Gasteiger partial charge in [0.15, 0.2) is 0 Å². The van der Waals surface area contributed by atoms with Gasteiger partial charge in [0.1, 0.15) is 0 Å². The Hall–Kier alpha value is -2.70. The number of nitrogens with two attached hydrogens (primary N) is 1. The molecule has 0 saturated heterocycles. The summed E-state index contributed by atoms with van der Waals surface area (Å²) in [5.74, 6) is 0.582. The van der Waals surface area contributed by atoms with Crippen LogP contribution in [-0.2, 0) is 0 Å². The zero-order valence-electron chi connectivity index (χ0n) is 15.3. The average Bonchev–Trinajstić information content (AvgIpc) is 3.20. The molecular formula is C21H21ClN4O2. The lowest BCUT2D eigenvalue weighted by atomic mass is 9.91. The molecule has 1 aromatic heterocycles. The number of halogens is 1. The number of carbonyl (C=O) groups is 1. The number of rotatable bonds is 4. The molecule has 3 N–H and O–H groups in total. The smallest absolute Gasteiger partial charge is 0.259 e. The van der Waals surface area contributed by atoms with E-state index in [2.05, 4.69) is 15.5 Å². The Balaban J connectivity index is 1.57. The Kier molecular flexibility index (Phi) is 5.41. The third-order valence-electron chi connectivity index (χ3n) is 5.02. The first-order chi connectivity index (χ1) is 13.6. The second-order valence-corrected chi connectivity index (χ2v) is 7.50. The van der Waals surface area contributed by atoms with Crippen molar-refractivity contribution in [3.63, 3.8) is 0 Å². The van der Waals surface area contributed by atoms with Crippen molar-refractivity contribution in [2.75, 3.05) is 0 Å². The third kappa shape index (κ3) is 4.08. The SMILES string of the molecule is NC1CCC(NC(=O)c2ccccc2-c2nc(-c3cccc(Cl)c3)no2)CC1. The van der Waals surface area contributed by atoms with E-state index in [9.17, 15) is 4.79 Å². The quantitative estimate of drug-likeness (QED) is 0.693. The van der Waals surface area contributed by atoms with Crippen molar-refractivity contribution in [2.24, 2.45) is 5.73 Å². The molecule has 6 nitrogen and oxygen atoms in total. The van der Waals surface area contributed by atoms with E-state index in [1.807, 2.05) is 24.3 Å². The number of hydrogen-bond donors (Lipinski definition) is 2. The lowest BCUT2D eigenvalue weighted by molar-refractivity contribution is 0.0926. The summed E-state index contributed by atoms with van der Waals surface area (Å²) in [6.07, 6.45) is 3.65. The molecule has 0 atom stereocenters. The van der Waals surface area contributed by atoms with Crippen LogP contribution in [0, 0.1) is 0 Å². The molecule has 1 saturated carbocycles. The summed E-state index contributed by atoms with van der Waals surface area (Å²) < 4.78 is 5.44. The van der Waals surface area contributed by atoms with Crippen LogP contribution in [-0.4, -0.2) is 28.1 Å². The lowest BCUT2D eigenvalue weighted by Gasteiger charge is -2.27. The fourth-order valence-corrected chi connectivity index (χ4v) is 3.66. The zero-order chi connectivity index (χ0) is 19.5. The highest BCUT2D eigenvalue weighted by molar-refractivity contribution is 6.30. The van der Waals surface area contributed by atoms with Crippen LogP contribution in [0.3, 0.4) is 0 Å².